The number of rotatable bonds is 11. The summed E-state index contributed by atoms with van der Waals surface area (Å²) >= 11 is 0. The van der Waals surface area contributed by atoms with Gasteiger partial charge < -0.3 is 24.2 Å². The van der Waals surface area contributed by atoms with Gasteiger partial charge >= 0.3 is 0 Å². The molecular formula is C38H59N7O3. The standard InChI is InChI=1S/C38H59N7O3/c1-6-8-9-10-21-45-36(43-22-23-44(34(46)7-2)29(25-43)17-19-39)31-16-18-38(27-42(5)35-28(3)13-11-15-33(35)48-38)24-32(31)40-37(45)47-26-30-14-12-20-41(30)4/h7,11,13,15,29-32,36-37,40H,2,6,8-10,12,14,16-18,20-27H2,1,3-5H3/t29?,30?,31?,32?,36?,37?,38-/m1/s1. The van der Waals surface area contributed by atoms with E-state index in [2.05, 4.69) is 83.7 Å². The van der Waals surface area contributed by atoms with E-state index in [0.717, 1.165) is 57.6 Å². The number of benzene rings is 1. The smallest absolute Gasteiger partial charge is 0.246 e. The highest BCUT2D eigenvalue weighted by molar-refractivity contribution is 5.87. The maximum atomic E-state index is 12.8. The number of carbonyl (C=O) groups is 1. The molecule has 10 nitrogen and oxygen atoms in total. The van der Waals surface area contributed by atoms with Gasteiger partial charge in [-0.25, -0.2) is 4.90 Å². The number of likely N-dealkylation sites (N-methyl/N-ethyl adjacent to an activating group) is 2. The molecule has 1 N–H and O–H groups in total. The average molecular weight is 662 g/mol. The second-order valence-electron chi connectivity index (χ2n) is 15.2. The number of aryl methyl sites for hydroxylation is 1. The summed E-state index contributed by atoms with van der Waals surface area (Å²) in [5.41, 5.74) is 2.18. The molecule has 0 radical (unpaired) electrons. The van der Waals surface area contributed by atoms with E-state index >= 15 is 0 Å². The molecule has 1 aromatic carbocycles. The van der Waals surface area contributed by atoms with Crippen molar-refractivity contribution < 1.29 is 14.3 Å². The maximum Gasteiger partial charge on any atom is 0.246 e. The van der Waals surface area contributed by atoms with Gasteiger partial charge in [0.15, 0.2) is 6.35 Å². The molecule has 4 fully saturated rings. The van der Waals surface area contributed by atoms with E-state index in [1.54, 1.807) is 0 Å². The molecule has 10 heteroatoms. The van der Waals surface area contributed by atoms with E-state index in [1.165, 1.54) is 49.4 Å². The van der Waals surface area contributed by atoms with E-state index in [9.17, 15) is 10.1 Å². The van der Waals surface area contributed by atoms with Crippen molar-refractivity contribution >= 4 is 11.6 Å². The number of para-hydroxylation sites is 1. The van der Waals surface area contributed by atoms with Gasteiger partial charge in [-0.1, -0.05) is 44.9 Å². The van der Waals surface area contributed by atoms with Crippen molar-refractivity contribution in [2.75, 3.05) is 64.9 Å². The molecule has 4 aliphatic heterocycles. The molecule has 264 valence electrons. The number of amides is 1. The Bertz CT molecular complexity index is 1320. The molecule has 6 rings (SSSR count). The number of carbonyl (C=O) groups excluding carboxylic acids is 1. The van der Waals surface area contributed by atoms with Gasteiger partial charge in [0.1, 0.15) is 11.4 Å². The van der Waals surface area contributed by atoms with E-state index in [-0.39, 0.29) is 36.1 Å². The molecule has 1 saturated carbocycles. The molecular weight excluding hydrogens is 602 g/mol. The monoisotopic (exact) mass is 661 g/mol. The second kappa shape index (κ2) is 15.5. The van der Waals surface area contributed by atoms with Crippen LogP contribution in [0.4, 0.5) is 5.69 Å². The molecule has 1 aliphatic carbocycles. The van der Waals surface area contributed by atoms with Crippen molar-refractivity contribution in [2.24, 2.45) is 5.92 Å². The third-order valence-electron chi connectivity index (χ3n) is 11.9. The summed E-state index contributed by atoms with van der Waals surface area (Å²) in [4.78, 5) is 24.8. The fourth-order valence-electron chi connectivity index (χ4n) is 9.50. The summed E-state index contributed by atoms with van der Waals surface area (Å²) in [5.74, 6) is 1.28. The molecule has 0 bridgehead atoms. The van der Waals surface area contributed by atoms with Gasteiger partial charge in [0.25, 0.3) is 0 Å². The highest BCUT2D eigenvalue weighted by atomic mass is 16.5. The first-order chi connectivity index (χ1) is 23.3. The Kier molecular flexibility index (Phi) is 11.3. The van der Waals surface area contributed by atoms with Crippen LogP contribution in [-0.2, 0) is 9.53 Å². The zero-order valence-corrected chi connectivity index (χ0v) is 29.9. The summed E-state index contributed by atoms with van der Waals surface area (Å²) in [5, 5.41) is 13.9. The predicted octanol–water partition coefficient (Wildman–Crippen LogP) is 4.55. The Hall–Kier alpha value is -2.68. The first kappa shape index (κ1) is 35.2. The van der Waals surface area contributed by atoms with E-state index in [1.807, 2.05) is 4.90 Å². The lowest BCUT2D eigenvalue weighted by molar-refractivity contribution is -0.205. The van der Waals surface area contributed by atoms with Crippen LogP contribution in [-0.4, -0.2) is 122 Å². The number of unbranched alkanes of at least 4 members (excludes halogenated alkanes) is 3. The summed E-state index contributed by atoms with van der Waals surface area (Å²) in [6, 6.07) is 9.28. The van der Waals surface area contributed by atoms with Crippen molar-refractivity contribution in [1.82, 2.24) is 24.9 Å². The Labute approximate surface area is 289 Å². The van der Waals surface area contributed by atoms with Gasteiger partial charge in [0.05, 0.1) is 43.5 Å². The SMILES string of the molecule is C=CC(=O)N1CCN(C2C3CC[C@@]4(CC3NC(OCC3CCCN3C)N2CCCCCC)CN(C)c2c(C)cccc2O4)CC1CC#N. The van der Waals surface area contributed by atoms with E-state index < -0.39 is 0 Å². The van der Waals surface area contributed by atoms with Crippen LogP contribution in [0.15, 0.2) is 30.9 Å². The second-order valence-corrected chi connectivity index (χ2v) is 15.2. The zero-order chi connectivity index (χ0) is 33.8. The van der Waals surface area contributed by atoms with E-state index in [0.29, 0.717) is 38.1 Å². The maximum absolute atomic E-state index is 12.8. The first-order valence-electron chi connectivity index (χ1n) is 18.6. The number of nitrogens with zero attached hydrogens (tertiary/aromatic N) is 6. The molecule has 1 amide bonds. The topological polar surface area (TPSA) is 87.6 Å². The number of hydrogen-bond acceptors (Lipinski definition) is 9. The molecule has 48 heavy (non-hydrogen) atoms. The molecule has 3 saturated heterocycles. The molecule has 1 aromatic rings. The van der Waals surface area contributed by atoms with Crippen molar-refractivity contribution in [3.8, 4) is 11.8 Å². The van der Waals surface area contributed by atoms with Crippen molar-refractivity contribution in [3.63, 3.8) is 0 Å². The number of fused-ring (bicyclic) bond motifs is 2. The van der Waals surface area contributed by atoms with Crippen LogP contribution in [0.3, 0.4) is 0 Å². The minimum absolute atomic E-state index is 0.0786. The van der Waals surface area contributed by atoms with Gasteiger partial charge in [-0.2, -0.15) is 5.26 Å². The molecule has 1 spiro atoms. The van der Waals surface area contributed by atoms with Crippen molar-refractivity contribution in [2.45, 2.75) is 114 Å². The third kappa shape index (κ3) is 7.27. The molecule has 5 aliphatic rings. The largest absolute Gasteiger partial charge is 0.483 e. The molecule has 4 heterocycles. The van der Waals surface area contributed by atoms with Gasteiger partial charge in [0, 0.05) is 57.6 Å². The Morgan fingerprint density at radius 3 is 2.79 bits per heavy atom. The van der Waals surface area contributed by atoms with E-state index in [4.69, 9.17) is 9.47 Å². The number of nitriles is 1. The number of likely N-dealkylation sites (tertiary alicyclic amines) is 1. The van der Waals surface area contributed by atoms with Gasteiger partial charge in [-0.3, -0.25) is 15.0 Å². The van der Waals surface area contributed by atoms with Gasteiger partial charge in [0.2, 0.25) is 5.91 Å². The normalized spacial score (nSPS) is 32.8. The third-order valence-corrected chi connectivity index (χ3v) is 11.9. The van der Waals surface area contributed by atoms with Crippen LogP contribution >= 0.6 is 0 Å². The van der Waals surface area contributed by atoms with Crippen LogP contribution in [0.2, 0.25) is 0 Å². The average Bonchev–Trinajstić information content (AvgIpc) is 3.49. The fourth-order valence-corrected chi connectivity index (χ4v) is 9.50. The van der Waals surface area contributed by atoms with Crippen molar-refractivity contribution in [3.05, 3.63) is 36.4 Å². The van der Waals surface area contributed by atoms with Gasteiger partial charge in [-0.05, 0) is 70.3 Å². The molecule has 6 unspecified atom stereocenters. The lowest BCUT2D eigenvalue weighted by Gasteiger charge is -2.59. The Morgan fingerprint density at radius 2 is 2.04 bits per heavy atom. The lowest BCUT2D eigenvalue weighted by Crippen LogP contribution is -2.74. The quantitative estimate of drug-likeness (QED) is 0.271. The zero-order valence-electron chi connectivity index (χ0n) is 29.9. The minimum atomic E-state index is -0.272. The van der Waals surface area contributed by atoms with Crippen LogP contribution in [0.25, 0.3) is 0 Å². The van der Waals surface area contributed by atoms with Gasteiger partial charge in [-0.15, -0.1) is 0 Å². The predicted molar refractivity (Wildman–Crippen MR) is 190 cm³/mol. The number of piperazine rings is 1. The van der Waals surface area contributed by atoms with Crippen LogP contribution in [0.1, 0.15) is 76.7 Å². The highest BCUT2D eigenvalue weighted by Crippen LogP contribution is 2.47. The summed E-state index contributed by atoms with van der Waals surface area (Å²) in [6.45, 7) is 13.9. The molecule has 0 aromatic heterocycles. The number of anilines is 1. The number of nitrogens with one attached hydrogen (secondary N) is 1. The Morgan fingerprint density at radius 1 is 1.19 bits per heavy atom. The first-order valence-corrected chi connectivity index (χ1v) is 18.6. The Balaban J connectivity index is 1.30. The summed E-state index contributed by atoms with van der Waals surface area (Å²) < 4.78 is 14.0. The fraction of sp³-hybridized carbons (Fsp3) is 0.737. The number of ether oxygens (including phenoxy) is 2. The minimum Gasteiger partial charge on any atom is -0.483 e. The highest BCUT2D eigenvalue weighted by Gasteiger charge is 2.54. The van der Waals surface area contributed by atoms with Crippen molar-refractivity contribution in [1.29, 1.82) is 5.26 Å². The van der Waals surface area contributed by atoms with Crippen LogP contribution in [0, 0.1) is 24.2 Å². The van der Waals surface area contributed by atoms with Crippen LogP contribution in [0.5, 0.6) is 5.75 Å². The summed E-state index contributed by atoms with van der Waals surface area (Å²) in [7, 11) is 4.43. The molecule has 7 atom stereocenters. The number of hydrogen-bond donors (Lipinski definition) is 1. The van der Waals surface area contributed by atoms with Crippen LogP contribution < -0.4 is 15.0 Å². The summed E-state index contributed by atoms with van der Waals surface area (Å²) in [6.07, 6.45) is 11.8. The lowest BCUT2D eigenvalue weighted by atomic mass is 9.71.